The molecule has 3 rings (SSSR count). The molecule has 2 heterocycles. The summed E-state index contributed by atoms with van der Waals surface area (Å²) >= 11 is 0. The van der Waals surface area contributed by atoms with Gasteiger partial charge in [-0.3, -0.25) is 14.2 Å². The van der Waals surface area contributed by atoms with Crippen LogP contribution in [0.1, 0.15) is 22.0 Å². The zero-order valence-corrected chi connectivity index (χ0v) is 12.7. The quantitative estimate of drug-likeness (QED) is 0.737. The molecule has 24 heavy (non-hydrogen) atoms. The maximum atomic E-state index is 12.4. The van der Waals surface area contributed by atoms with Crippen molar-refractivity contribution in [1.29, 1.82) is 0 Å². The first-order valence-corrected chi connectivity index (χ1v) is 7.24. The van der Waals surface area contributed by atoms with E-state index in [1.54, 1.807) is 59.7 Å². The van der Waals surface area contributed by atoms with Crippen LogP contribution < -0.4 is 11.1 Å². The molecule has 120 valence electrons. The Labute approximate surface area is 138 Å². The van der Waals surface area contributed by atoms with Crippen LogP contribution in [-0.4, -0.2) is 26.3 Å². The number of imidazole rings is 1. The number of primary amides is 1. The number of hydrogen-bond donors (Lipinski definition) is 2. The Balaban J connectivity index is 1.77. The van der Waals surface area contributed by atoms with E-state index in [2.05, 4.69) is 15.3 Å². The molecule has 0 aliphatic rings. The molecule has 2 aromatic heterocycles. The first-order chi connectivity index (χ1) is 11.6. The van der Waals surface area contributed by atoms with Crippen LogP contribution in [-0.2, 0) is 4.79 Å². The summed E-state index contributed by atoms with van der Waals surface area (Å²) in [5.41, 5.74) is 6.36. The Bertz CT molecular complexity index is 829. The highest BCUT2D eigenvalue weighted by Gasteiger charge is 2.20. The van der Waals surface area contributed by atoms with Crippen LogP contribution in [0.5, 0.6) is 0 Å². The summed E-state index contributed by atoms with van der Waals surface area (Å²) in [6.07, 6.45) is 6.44. The zero-order valence-electron chi connectivity index (χ0n) is 12.7. The third-order valence-electron chi connectivity index (χ3n) is 3.47. The molecule has 2 amide bonds. The largest absolute Gasteiger partial charge is 0.368 e. The number of benzene rings is 1. The molecule has 0 saturated carbocycles. The summed E-state index contributed by atoms with van der Waals surface area (Å²) < 4.78 is 1.72. The van der Waals surface area contributed by atoms with Gasteiger partial charge in [0, 0.05) is 18.6 Å². The number of nitrogens with zero attached hydrogens (tertiary/aromatic N) is 3. The molecule has 3 N–H and O–H groups in total. The highest BCUT2D eigenvalue weighted by Crippen LogP contribution is 2.13. The van der Waals surface area contributed by atoms with E-state index >= 15 is 0 Å². The smallest absolute Gasteiger partial charge is 0.253 e. The molecular weight excluding hydrogens is 306 g/mol. The monoisotopic (exact) mass is 321 g/mol. The summed E-state index contributed by atoms with van der Waals surface area (Å²) in [4.78, 5) is 32.2. The normalized spacial score (nSPS) is 11.7. The van der Waals surface area contributed by atoms with Crippen molar-refractivity contribution in [2.45, 2.75) is 6.04 Å². The Morgan fingerprint density at radius 1 is 1.12 bits per heavy atom. The number of carbonyl (C=O) groups excluding carboxylic acids is 2. The second-order valence-electron chi connectivity index (χ2n) is 5.09. The predicted octanol–water partition coefficient (Wildman–Crippen LogP) is 1.22. The highest BCUT2D eigenvalue weighted by molar-refractivity contribution is 5.97. The van der Waals surface area contributed by atoms with Crippen molar-refractivity contribution in [1.82, 2.24) is 19.9 Å². The fraction of sp³-hybridized carbons (Fsp3) is 0.0588. The average molecular weight is 321 g/mol. The van der Waals surface area contributed by atoms with Crippen molar-refractivity contribution < 1.29 is 9.59 Å². The molecule has 0 radical (unpaired) electrons. The lowest BCUT2D eigenvalue weighted by atomic mass is 10.1. The van der Waals surface area contributed by atoms with Gasteiger partial charge in [0.15, 0.2) is 0 Å². The standard InChI is InChI=1S/C17H15N5O2/c18-16(23)15(12-4-2-1-3-5-12)21-17(24)13-6-7-14(20-10-13)22-9-8-19-11-22/h1-11,15H,(H2,18,23)(H,21,24)/t15-/m0/s1. The van der Waals surface area contributed by atoms with Crippen molar-refractivity contribution in [2.24, 2.45) is 5.73 Å². The first kappa shape index (κ1) is 15.4. The van der Waals surface area contributed by atoms with E-state index in [0.29, 0.717) is 16.9 Å². The molecule has 1 aromatic carbocycles. The molecule has 3 aromatic rings. The molecule has 0 aliphatic heterocycles. The van der Waals surface area contributed by atoms with Gasteiger partial charge >= 0.3 is 0 Å². The maximum Gasteiger partial charge on any atom is 0.253 e. The average Bonchev–Trinajstić information content (AvgIpc) is 3.15. The SMILES string of the molecule is NC(=O)[C@@H](NC(=O)c1ccc(-n2ccnc2)nc1)c1ccccc1. The molecule has 0 unspecified atom stereocenters. The van der Waals surface area contributed by atoms with E-state index < -0.39 is 17.9 Å². The minimum atomic E-state index is -0.896. The first-order valence-electron chi connectivity index (χ1n) is 7.24. The molecule has 0 aliphatic carbocycles. The van der Waals surface area contributed by atoms with Crippen LogP contribution in [0.15, 0.2) is 67.4 Å². The number of pyridine rings is 1. The number of rotatable bonds is 5. The van der Waals surface area contributed by atoms with Crippen LogP contribution in [0.3, 0.4) is 0 Å². The van der Waals surface area contributed by atoms with Gasteiger partial charge in [0.05, 0.1) is 5.56 Å². The van der Waals surface area contributed by atoms with Gasteiger partial charge in [-0.25, -0.2) is 9.97 Å². The van der Waals surface area contributed by atoms with Crippen molar-refractivity contribution >= 4 is 11.8 Å². The topological polar surface area (TPSA) is 103 Å². The van der Waals surface area contributed by atoms with E-state index in [0.717, 1.165) is 0 Å². The lowest BCUT2D eigenvalue weighted by Crippen LogP contribution is -2.37. The Hall–Kier alpha value is -3.48. The van der Waals surface area contributed by atoms with Gasteiger partial charge in [0.1, 0.15) is 18.2 Å². The zero-order chi connectivity index (χ0) is 16.9. The third-order valence-corrected chi connectivity index (χ3v) is 3.47. The number of hydrogen-bond acceptors (Lipinski definition) is 4. The highest BCUT2D eigenvalue weighted by atomic mass is 16.2. The van der Waals surface area contributed by atoms with Crippen LogP contribution in [0.2, 0.25) is 0 Å². The molecule has 7 heteroatoms. The molecule has 0 bridgehead atoms. The van der Waals surface area contributed by atoms with Crippen LogP contribution in [0, 0.1) is 0 Å². The van der Waals surface area contributed by atoms with E-state index in [4.69, 9.17) is 5.73 Å². The number of amides is 2. The maximum absolute atomic E-state index is 12.4. The Morgan fingerprint density at radius 3 is 2.50 bits per heavy atom. The summed E-state index contributed by atoms with van der Waals surface area (Å²) in [7, 11) is 0. The van der Waals surface area contributed by atoms with Gasteiger partial charge in [-0.2, -0.15) is 0 Å². The summed E-state index contributed by atoms with van der Waals surface area (Å²) in [6, 6.07) is 11.3. The molecule has 0 fully saturated rings. The van der Waals surface area contributed by atoms with E-state index in [1.807, 2.05) is 6.07 Å². The number of carbonyl (C=O) groups is 2. The minimum absolute atomic E-state index is 0.334. The molecule has 1 atom stereocenters. The minimum Gasteiger partial charge on any atom is -0.368 e. The number of nitrogens with one attached hydrogen (secondary N) is 1. The van der Waals surface area contributed by atoms with Gasteiger partial charge in [-0.15, -0.1) is 0 Å². The molecule has 0 spiro atoms. The molecular formula is C17H15N5O2. The second kappa shape index (κ2) is 6.74. The van der Waals surface area contributed by atoms with E-state index in [-0.39, 0.29) is 0 Å². The summed E-state index contributed by atoms with van der Waals surface area (Å²) in [5.74, 6) is -0.413. The van der Waals surface area contributed by atoms with E-state index in [1.165, 1.54) is 6.20 Å². The van der Waals surface area contributed by atoms with Crippen molar-refractivity contribution in [3.05, 3.63) is 78.5 Å². The Kier molecular flexibility index (Phi) is 4.33. The van der Waals surface area contributed by atoms with Gasteiger partial charge < -0.3 is 11.1 Å². The lowest BCUT2D eigenvalue weighted by molar-refractivity contribution is -0.120. The van der Waals surface area contributed by atoms with Crippen LogP contribution in [0.4, 0.5) is 0 Å². The fourth-order valence-corrected chi connectivity index (χ4v) is 2.25. The third kappa shape index (κ3) is 3.30. The Morgan fingerprint density at radius 2 is 1.92 bits per heavy atom. The van der Waals surface area contributed by atoms with Crippen LogP contribution >= 0.6 is 0 Å². The van der Waals surface area contributed by atoms with Crippen LogP contribution in [0.25, 0.3) is 5.82 Å². The van der Waals surface area contributed by atoms with Gasteiger partial charge in [-0.1, -0.05) is 30.3 Å². The van der Waals surface area contributed by atoms with Gasteiger partial charge in [0.2, 0.25) is 5.91 Å². The number of aromatic nitrogens is 3. The fourth-order valence-electron chi connectivity index (χ4n) is 2.25. The van der Waals surface area contributed by atoms with Crippen molar-refractivity contribution in [3.8, 4) is 5.82 Å². The van der Waals surface area contributed by atoms with Crippen molar-refractivity contribution in [3.63, 3.8) is 0 Å². The molecule has 0 saturated heterocycles. The van der Waals surface area contributed by atoms with Gasteiger partial charge in [-0.05, 0) is 17.7 Å². The van der Waals surface area contributed by atoms with Crippen molar-refractivity contribution in [2.75, 3.05) is 0 Å². The summed E-state index contributed by atoms with van der Waals surface area (Å²) in [5, 5.41) is 2.63. The second-order valence-corrected chi connectivity index (χ2v) is 5.09. The lowest BCUT2D eigenvalue weighted by Gasteiger charge is -2.15. The molecule has 7 nitrogen and oxygen atoms in total. The number of nitrogens with two attached hydrogens (primary N) is 1. The summed E-state index contributed by atoms with van der Waals surface area (Å²) in [6.45, 7) is 0. The predicted molar refractivity (Wildman–Crippen MR) is 87.2 cm³/mol. The van der Waals surface area contributed by atoms with E-state index in [9.17, 15) is 9.59 Å². The van der Waals surface area contributed by atoms with Gasteiger partial charge in [0.25, 0.3) is 5.91 Å².